The topological polar surface area (TPSA) is 87.1 Å². The molecule has 0 aliphatic heterocycles. The Kier molecular flexibility index (Phi) is 4.12. The average Bonchev–Trinajstić information content (AvgIpc) is 2.90. The van der Waals surface area contributed by atoms with Gasteiger partial charge in [0, 0.05) is 11.4 Å². The molecule has 1 atom stereocenters. The zero-order valence-electron chi connectivity index (χ0n) is 13.8. The molecule has 1 amide bonds. The molecule has 6 nitrogen and oxygen atoms in total. The molecule has 6 heteroatoms. The maximum atomic E-state index is 12.4. The highest BCUT2D eigenvalue weighted by Gasteiger charge is 2.14. The third-order valence-electron chi connectivity index (χ3n) is 3.85. The van der Waals surface area contributed by atoms with Gasteiger partial charge in [-0.25, -0.2) is 4.79 Å². The fourth-order valence-electron chi connectivity index (χ4n) is 2.47. The SMILES string of the molecule is Cc1ccc(C)c(NC(=O)[C@@H](C)Nc2ccc3oc(=O)[nH]c3c2)c1. The van der Waals surface area contributed by atoms with Crippen LogP contribution in [-0.2, 0) is 4.79 Å². The molecule has 0 aliphatic carbocycles. The van der Waals surface area contributed by atoms with Crippen molar-refractivity contribution in [2.45, 2.75) is 26.8 Å². The number of aromatic nitrogens is 1. The summed E-state index contributed by atoms with van der Waals surface area (Å²) in [6.45, 7) is 5.72. The Morgan fingerprint density at radius 1 is 1.17 bits per heavy atom. The molecule has 0 fully saturated rings. The van der Waals surface area contributed by atoms with Crippen molar-refractivity contribution < 1.29 is 9.21 Å². The molecule has 0 saturated carbocycles. The third-order valence-corrected chi connectivity index (χ3v) is 3.85. The Morgan fingerprint density at radius 2 is 1.96 bits per heavy atom. The molecule has 0 spiro atoms. The van der Waals surface area contributed by atoms with Crippen molar-refractivity contribution in [3.05, 3.63) is 58.1 Å². The maximum absolute atomic E-state index is 12.4. The number of nitrogens with one attached hydrogen (secondary N) is 3. The van der Waals surface area contributed by atoms with Gasteiger partial charge in [0.1, 0.15) is 6.04 Å². The van der Waals surface area contributed by atoms with E-state index in [-0.39, 0.29) is 5.91 Å². The number of aromatic amines is 1. The molecular weight excluding hydrogens is 306 g/mol. The number of rotatable bonds is 4. The minimum absolute atomic E-state index is 0.135. The van der Waals surface area contributed by atoms with Crippen molar-refractivity contribution >= 4 is 28.4 Å². The number of amides is 1. The lowest BCUT2D eigenvalue weighted by Gasteiger charge is -2.16. The van der Waals surface area contributed by atoms with Gasteiger partial charge in [-0.2, -0.15) is 0 Å². The lowest BCUT2D eigenvalue weighted by molar-refractivity contribution is -0.116. The molecule has 0 bridgehead atoms. The zero-order chi connectivity index (χ0) is 17.3. The Hall–Kier alpha value is -3.02. The van der Waals surface area contributed by atoms with Crippen LogP contribution in [0, 0.1) is 13.8 Å². The van der Waals surface area contributed by atoms with Crippen LogP contribution in [0.5, 0.6) is 0 Å². The second-order valence-corrected chi connectivity index (χ2v) is 5.90. The number of aryl methyl sites for hydroxylation is 2. The monoisotopic (exact) mass is 325 g/mol. The van der Waals surface area contributed by atoms with Crippen molar-refractivity contribution in [1.29, 1.82) is 0 Å². The highest BCUT2D eigenvalue weighted by atomic mass is 16.4. The number of hydrogen-bond donors (Lipinski definition) is 3. The van der Waals surface area contributed by atoms with E-state index < -0.39 is 11.8 Å². The number of hydrogen-bond acceptors (Lipinski definition) is 4. The summed E-state index contributed by atoms with van der Waals surface area (Å²) < 4.78 is 4.96. The summed E-state index contributed by atoms with van der Waals surface area (Å²) in [6, 6.07) is 10.7. The average molecular weight is 325 g/mol. The molecule has 3 N–H and O–H groups in total. The molecule has 0 aliphatic rings. The lowest BCUT2D eigenvalue weighted by Crippen LogP contribution is -2.32. The fraction of sp³-hybridized carbons (Fsp3) is 0.222. The van der Waals surface area contributed by atoms with Crippen LogP contribution >= 0.6 is 0 Å². The molecule has 1 aromatic heterocycles. The highest BCUT2D eigenvalue weighted by molar-refractivity contribution is 5.97. The molecule has 24 heavy (non-hydrogen) atoms. The van der Waals surface area contributed by atoms with E-state index in [0.29, 0.717) is 11.1 Å². The quantitative estimate of drug-likeness (QED) is 0.687. The summed E-state index contributed by atoms with van der Waals surface area (Å²) in [5.74, 6) is -0.632. The van der Waals surface area contributed by atoms with Gasteiger partial charge in [-0.15, -0.1) is 0 Å². The molecule has 2 aromatic carbocycles. The predicted molar refractivity (Wildman–Crippen MR) is 94.5 cm³/mol. The smallest absolute Gasteiger partial charge is 0.408 e. The van der Waals surface area contributed by atoms with Crippen molar-refractivity contribution in [3.63, 3.8) is 0 Å². The van der Waals surface area contributed by atoms with Gasteiger partial charge in [0.25, 0.3) is 0 Å². The molecule has 1 heterocycles. The summed E-state index contributed by atoms with van der Waals surface area (Å²) in [5.41, 5.74) is 4.71. The number of H-pyrrole nitrogens is 1. The van der Waals surface area contributed by atoms with E-state index in [1.165, 1.54) is 0 Å². The Bertz CT molecular complexity index is 956. The normalized spacial score (nSPS) is 12.1. The van der Waals surface area contributed by atoms with Crippen LogP contribution in [0.1, 0.15) is 18.1 Å². The molecule has 124 valence electrons. The molecule has 3 rings (SSSR count). The van der Waals surface area contributed by atoms with Gasteiger partial charge in [0.15, 0.2) is 5.58 Å². The summed E-state index contributed by atoms with van der Waals surface area (Å²) in [6.07, 6.45) is 0. The van der Waals surface area contributed by atoms with E-state index >= 15 is 0 Å². The van der Waals surface area contributed by atoms with Gasteiger partial charge in [-0.05, 0) is 56.2 Å². The number of benzene rings is 2. The van der Waals surface area contributed by atoms with Gasteiger partial charge in [-0.1, -0.05) is 12.1 Å². The van der Waals surface area contributed by atoms with Crippen LogP contribution in [0.2, 0.25) is 0 Å². The lowest BCUT2D eigenvalue weighted by atomic mass is 10.1. The van der Waals surface area contributed by atoms with E-state index in [0.717, 1.165) is 22.5 Å². The standard InChI is InChI=1S/C18H19N3O3/c1-10-4-5-11(2)14(8-10)20-17(22)12(3)19-13-6-7-16-15(9-13)21-18(23)24-16/h4-9,12,19H,1-3H3,(H,20,22)(H,21,23)/t12-/m1/s1. The first-order valence-corrected chi connectivity index (χ1v) is 7.70. The van der Waals surface area contributed by atoms with E-state index in [4.69, 9.17) is 4.42 Å². The molecular formula is C18H19N3O3. The fourth-order valence-corrected chi connectivity index (χ4v) is 2.47. The van der Waals surface area contributed by atoms with Crippen LogP contribution in [0.3, 0.4) is 0 Å². The Labute approximate surface area is 138 Å². The number of carbonyl (C=O) groups is 1. The van der Waals surface area contributed by atoms with Crippen molar-refractivity contribution in [3.8, 4) is 0 Å². The van der Waals surface area contributed by atoms with E-state index in [1.807, 2.05) is 32.0 Å². The Morgan fingerprint density at radius 3 is 2.75 bits per heavy atom. The first-order chi connectivity index (χ1) is 11.4. The van der Waals surface area contributed by atoms with Crippen molar-refractivity contribution in [2.75, 3.05) is 10.6 Å². The third kappa shape index (κ3) is 3.32. The van der Waals surface area contributed by atoms with E-state index in [1.54, 1.807) is 25.1 Å². The van der Waals surface area contributed by atoms with Crippen LogP contribution in [0.4, 0.5) is 11.4 Å². The first kappa shape index (κ1) is 15.9. The van der Waals surface area contributed by atoms with Gasteiger partial charge in [-0.3, -0.25) is 9.78 Å². The summed E-state index contributed by atoms with van der Waals surface area (Å²) in [4.78, 5) is 26.2. The predicted octanol–water partition coefficient (Wildman–Crippen LogP) is 3.18. The van der Waals surface area contributed by atoms with Gasteiger partial charge in [0.2, 0.25) is 5.91 Å². The largest absolute Gasteiger partial charge is 0.417 e. The van der Waals surface area contributed by atoms with Gasteiger partial charge >= 0.3 is 5.76 Å². The number of oxazole rings is 1. The van der Waals surface area contributed by atoms with Gasteiger partial charge < -0.3 is 15.1 Å². The summed E-state index contributed by atoms with van der Waals surface area (Å²) >= 11 is 0. The van der Waals surface area contributed by atoms with Crippen LogP contribution in [-0.4, -0.2) is 16.9 Å². The van der Waals surface area contributed by atoms with Gasteiger partial charge in [0.05, 0.1) is 5.52 Å². The minimum Gasteiger partial charge on any atom is -0.408 e. The minimum atomic E-state index is -0.497. The first-order valence-electron chi connectivity index (χ1n) is 7.70. The molecule has 0 saturated heterocycles. The Balaban J connectivity index is 1.72. The second kappa shape index (κ2) is 6.23. The maximum Gasteiger partial charge on any atom is 0.417 e. The van der Waals surface area contributed by atoms with Crippen LogP contribution in [0.25, 0.3) is 11.1 Å². The van der Waals surface area contributed by atoms with Crippen molar-refractivity contribution in [2.24, 2.45) is 0 Å². The number of carbonyl (C=O) groups excluding carboxylic acids is 1. The van der Waals surface area contributed by atoms with E-state index in [2.05, 4.69) is 15.6 Å². The highest BCUT2D eigenvalue weighted by Crippen LogP contribution is 2.19. The molecule has 0 unspecified atom stereocenters. The molecule has 0 radical (unpaired) electrons. The number of anilines is 2. The zero-order valence-corrected chi connectivity index (χ0v) is 13.8. The van der Waals surface area contributed by atoms with E-state index in [9.17, 15) is 9.59 Å². The number of fused-ring (bicyclic) bond motifs is 1. The second-order valence-electron chi connectivity index (χ2n) is 5.90. The molecule has 3 aromatic rings. The van der Waals surface area contributed by atoms with Crippen molar-refractivity contribution in [1.82, 2.24) is 4.98 Å². The summed E-state index contributed by atoms with van der Waals surface area (Å²) in [7, 11) is 0. The van der Waals surface area contributed by atoms with Crippen LogP contribution < -0.4 is 16.4 Å². The summed E-state index contributed by atoms with van der Waals surface area (Å²) in [5, 5.41) is 6.06. The van der Waals surface area contributed by atoms with Crippen LogP contribution in [0.15, 0.2) is 45.6 Å².